The van der Waals surface area contributed by atoms with E-state index in [0.29, 0.717) is 0 Å². The number of nitrogens with one attached hydrogen (secondary N) is 1. The molecule has 0 aliphatic carbocycles. The third-order valence-electron chi connectivity index (χ3n) is 4.67. The van der Waals surface area contributed by atoms with Gasteiger partial charge in [0.15, 0.2) is 0 Å². The maximum atomic E-state index is 12.9. The highest BCUT2D eigenvalue weighted by atomic mass is 16.6. The molecule has 4 rings (SSSR count). The summed E-state index contributed by atoms with van der Waals surface area (Å²) in [5, 5.41) is 2.94. The lowest BCUT2D eigenvalue weighted by atomic mass is 9.87. The van der Waals surface area contributed by atoms with Crippen molar-refractivity contribution >= 4 is 40.6 Å². The van der Waals surface area contributed by atoms with Crippen LogP contribution in [-0.4, -0.2) is 54.4 Å². The number of alkyl carbamates (subject to hydrolysis) is 1. The Morgan fingerprint density at radius 3 is 2.03 bits per heavy atom. The third-order valence-corrected chi connectivity index (χ3v) is 4.67. The number of nitrogens with zero attached hydrogens (tertiary/aromatic N) is 1. The molecule has 2 heterocycles. The SMILES string of the molecule is C=CCOC(=O)NCCN1C(=O)c2ccc3c4c(ccc(c24)C1=O)C(=O)OC3=O. The van der Waals surface area contributed by atoms with Crippen LogP contribution in [0.5, 0.6) is 0 Å². The first-order valence-corrected chi connectivity index (χ1v) is 8.68. The Balaban J connectivity index is 1.68. The van der Waals surface area contributed by atoms with Crippen LogP contribution in [0, 0.1) is 0 Å². The van der Waals surface area contributed by atoms with Crippen LogP contribution in [0.3, 0.4) is 0 Å². The fourth-order valence-corrected chi connectivity index (χ4v) is 3.43. The zero-order chi connectivity index (χ0) is 20.7. The molecule has 0 saturated heterocycles. The molecule has 0 unspecified atom stereocenters. The summed E-state index contributed by atoms with van der Waals surface area (Å²) in [6.45, 7) is 3.38. The molecule has 9 heteroatoms. The van der Waals surface area contributed by atoms with Crippen LogP contribution in [0.2, 0.25) is 0 Å². The molecule has 146 valence electrons. The van der Waals surface area contributed by atoms with Crippen LogP contribution in [0.15, 0.2) is 36.9 Å². The number of ether oxygens (including phenoxy) is 2. The Morgan fingerprint density at radius 1 is 0.966 bits per heavy atom. The molecule has 3 amide bonds. The van der Waals surface area contributed by atoms with Gasteiger partial charge in [-0.05, 0) is 24.3 Å². The van der Waals surface area contributed by atoms with Crippen molar-refractivity contribution in [3.63, 3.8) is 0 Å². The standard InChI is InChI=1S/C20H14N2O7/c1-2-9-28-20(27)21-7-8-22-16(23)10-3-5-12-15-13(19(26)29-18(12)25)6-4-11(14(10)15)17(22)24/h2-6H,1,7-9H2,(H,21,27). The number of cyclic esters (lactones) is 2. The van der Waals surface area contributed by atoms with Crippen molar-refractivity contribution in [3.8, 4) is 0 Å². The van der Waals surface area contributed by atoms with Gasteiger partial charge < -0.3 is 14.8 Å². The fraction of sp³-hybridized carbons (Fsp3) is 0.150. The van der Waals surface area contributed by atoms with Gasteiger partial charge in [-0.2, -0.15) is 0 Å². The van der Waals surface area contributed by atoms with E-state index in [4.69, 9.17) is 9.47 Å². The Bertz CT molecular complexity index is 1070. The number of amides is 3. The van der Waals surface area contributed by atoms with Crippen LogP contribution >= 0.6 is 0 Å². The Labute approximate surface area is 163 Å². The van der Waals surface area contributed by atoms with Gasteiger partial charge in [0.05, 0.1) is 11.1 Å². The average Bonchev–Trinajstić information content (AvgIpc) is 2.71. The first-order valence-electron chi connectivity index (χ1n) is 8.68. The van der Waals surface area contributed by atoms with Crippen molar-refractivity contribution in [3.05, 3.63) is 59.2 Å². The number of imide groups is 1. The van der Waals surface area contributed by atoms with E-state index in [1.807, 2.05) is 0 Å². The van der Waals surface area contributed by atoms with Crippen LogP contribution in [-0.2, 0) is 9.47 Å². The quantitative estimate of drug-likeness (QED) is 0.354. The molecule has 0 spiro atoms. The number of rotatable bonds is 5. The molecule has 2 aromatic carbocycles. The molecule has 2 aliphatic heterocycles. The van der Waals surface area contributed by atoms with E-state index < -0.39 is 29.8 Å². The van der Waals surface area contributed by atoms with Crippen molar-refractivity contribution in [1.29, 1.82) is 0 Å². The smallest absolute Gasteiger partial charge is 0.407 e. The molecule has 0 bridgehead atoms. The van der Waals surface area contributed by atoms with Gasteiger partial charge in [0, 0.05) is 35.0 Å². The maximum Gasteiger partial charge on any atom is 0.407 e. The van der Waals surface area contributed by atoms with Crippen molar-refractivity contribution in [2.45, 2.75) is 0 Å². The van der Waals surface area contributed by atoms with Gasteiger partial charge in [-0.15, -0.1) is 0 Å². The molecular weight excluding hydrogens is 380 g/mol. The van der Waals surface area contributed by atoms with Gasteiger partial charge in [0.2, 0.25) is 0 Å². The fourth-order valence-electron chi connectivity index (χ4n) is 3.43. The van der Waals surface area contributed by atoms with Gasteiger partial charge in [-0.25, -0.2) is 14.4 Å². The van der Waals surface area contributed by atoms with E-state index in [1.54, 1.807) is 0 Å². The van der Waals surface area contributed by atoms with E-state index in [9.17, 15) is 24.0 Å². The predicted octanol–water partition coefficient (Wildman–Crippen LogP) is 1.66. The second-order valence-electron chi connectivity index (χ2n) is 6.32. The van der Waals surface area contributed by atoms with Crippen LogP contribution in [0.25, 0.3) is 10.8 Å². The van der Waals surface area contributed by atoms with Crippen LogP contribution in [0.1, 0.15) is 41.4 Å². The molecule has 0 aromatic heterocycles. The number of carbonyl (C=O) groups excluding carboxylic acids is 5. The van der Waals surface area contributed by atoms with E-state index >= 15 is 0 Å². The summed E-state index contributed by atoms with van der Waals surface area (Å²) in [5.74, 6) is -2.82. The molecule has 29 heavy (non-hydrogen) atoms. The zero-order valence-corrected chi connectivity index (χ0v) is 15.0. The summed E-state index contributed by atoms with van der Waals surface area (Å²) in [6, 6.07) is 5.65. The lowest BCUT2D eigenvalue weighted by molar-refractivity contribution is 0.0389. The van der Waals surface area contributed by atoms with Crippen molar-refractivity contribution < 1.29 is 33.4 Å². The monoisotopic (exact) mass is 394 g/mol. The van der Waals surface area contributed by atoms with Crippen LogP contribution in [0.4, 0.5) is 4.79 Å². The van der Waals surface area contributed by atoms with Gasteiger partial charge in [-0.3, -0.25) is 14.5 Å². The third kappa shape index (κ3) is 2.83. The van der Waals surface area contributed by atoms with Gasteiger partial charge in [-0.1, -0.05) is 12.7 Å². The Hall–Kier alpha value is -4.01. The highest BCUT2D eigenvalue weighted by Crippen LogP contribution is 2.36. The lowest BCUT2D eigenvalue weighted by Crippen LogP contribution is -2.45. The topological polar surface area (TPSA) is 119 Å². The van der Waals surface area contributed by atoms with Crippen molar-refractivity contribution in [2.75, 3.05) is 19.7 Å². The van der Waals surface area contributed by atoms with E-state index in [0.717, 1.165) is 4.90 Å². The molecule has 2 aliphatic rings. The molecular formula is C20H14N2O7. The molecule has 0 radical (unpaired) electrons. The van der Waals surface area contributed by atoms with E-state index in [2.05, 4.69) is 11.9 Å². The summed E-state index contributed by atoms with van der Waals surface area (Å²) < 4.78 is 9.47. The minimum Gasteiger partial charge on any atom is -0.445 e. The molecule has 0 fully saturated rings. The summed E-state index contributed by atoms with van der Waals surface area (Å²) in [5.41, 5.74) is 0.635. The van der Waals surface area contributed by atoms with Crippen LogP contribution < -0.4 is 5.32 Å². The molecule has 9 nitrogen and oxygen atoms in total. The van der Waals surface area contributed by atoms with E-state index in [1.165, 1.54) is 30.3 Å². The second-order valence-corrected chi connectivity index (χ2v) is 6.32. The molecule has 0 atom stereocenters. The molecule has 1 N–H and O–H groups in total. The van der Waals surface area contributed by atoms with E-state index in [-0.39, 0.29) is 52.7 Å². The van der Waals surface area contributed by atoms with Gasteiger partial charge in [0.25, 0.3) is 11.8 Å². The summed E-state index contributed by atoms with van der Waals surface area (Å²) in [4.78, 5) is 62.4. The predicted molar refractivity (Wildman–Crippen MR) is 98.6 cm³/mol. The summed E-state index contributed by atoms with van der Waals surface area (Å²) in [7, 11) is 0. The highest BCUT2D eigenvalue weighted by Gasteiger charge is 2.37. The molecule has 0 saturated carbocycles. The lowest BCUT2D eigenvalue weighted by Gasteiger charge is -2.29. The summed E-state index contributed by atoms with van der Waals surface area (Å²) in [6.07, 6.45) is 0.713. The first kappa shape index (κ1) is 18.4. The largest absolute Gasteiger partial charge is 0.445 e. The minimum absolute atomic E-state index is 0.00703. The zero-order valence-electron chi connectivity index (χ0n) is 15.0. The average molecular weight is 394 g/mol. The van der Waals surface area contributed by atoms with Gasteiger partial charge in [0.1, 0.15) is 6.61 Å². The highest BCUT2D eigenvalue weighted by molar-refractivity contribution is 6.31. The Kier molecular flexibility index (Phi) is 4.34. The van der Waals surface area contributed by atoms with Crippen molar-refractivity contribution in [2.24, 2.45) is 0 Å². The number of esters is 2. The first-order chi connectivity index (χ1) is 13.9. The van der Waals surface area contributed by atoms with Crippen molar-refractivity contribution in [1.82, 2.24) is 10.2 Å². The molecule has 2 aromatic rings. The normalized spacial score (nSPS) is 14.7. The summed E-state index contributed by atoms with van der Waals surface area (Å²) >= 11 is 0. The number of benzene rings is 2. The number of hydrogen-bond donors (Lipinski definition) is 1. The van der Waals surface area contributed by atoms with Gasteiger partial charge >= 0.3 is 18.0 Å². The number of hydrogen-bond acceptors (Lipinski definition) is 7. The minimum atomic E-state index is -0.823. The maximum absolute atomic E-state index is 12.9. The Morgan fingerprint density at radius 2 is 1.48 bits per heavy atom. The number of carbonyl (C=O) groups is 5. The second kappa shape index (κ2) is 6.86.